The summed E-state index contributed by atoms with van der Waals surface area (Å²) in [7, 11) is 1.62. The minimum Gasteiger partial charge on any atom is -0.352 e. The molecule has 0 saturated carbocycles. The Balaban J connectivity index is 2.54. The van der Waals surface area contributed by atoms with Crippen molar-refractivity contribution in [3.63, 3.8) is 0 Å². The maximum Gasteiger partial charge on any atom is 0.222 e. The fraction of sp³-hybridized carbons (Fsp3) is 0.600. The Kier molecular flexibility index (Phi) is 3.60. The van der Waals surface area contributed by atoms with E-state index in [9.17, 15) is 5.21 Å². The van der Waals surface area contributed by atoms with Gasteiger partial charge < -0.3 is 10.5 Å². The van der Waals surface area contributed by atoms with Crippen LogP contribution in [0.4, 0.5) is 5.95 Å². The van der Waals surface area contributed by atoms with Gasteiger partial charge in [-0.15, -0.1) is 0 Å². The van der Waals surface area contributed by atoms with Crippen LogP contribution in [0.5, 0.6) is 0 Å². The molecule has 0 atom stereocenters. The van der Waals surface area contributed by atoms with Crippen molar-refractivity contribution in [3.05, 3.63) is 18.0 Å². The van der Waals surface area contributed by atoms with E-state index >= 15 is 0 Å². The highest BCUT2D eigenvalue weighted by atomic mass is 16.5. The molecule has 2 N–H and O–H groups in total. The van der Waals surface area contributed by atoms with Crippen molar-refractivity contribution < 1.29 is 5.21 Å². The van der Waals surface area contributed by atoms with E-state index in [1.165, 1.54) is 5.06 Å². The standard InChI is InChI=1S/C10H18N4O/c1-8-5-11-9(12-6-8)13-7-10(2,3)14(4)15/h5-6,15H,7H2,1-4H3,(H,11,12,13). The predicted molar refractivity (Wildman–Crippen MR) is 58.9 cm³/mol. The minimum atomic E-state index is -0.353. The van der Waals surface area contributed by atoms with Gasteiger partial charge in [-0.25, -0.2) is 9.97 Å². The van der Waals surface area contributed by atoms with Crippen molar-refractivity contribution in [2.75, 3.05) is 18.9 Å². The lowest BCUT2D eigenvalue weighted by atomic mass is 10.1. The SMILES string of the molecule is Cc1cnc(NCC(C)(C)N(C)O)nc1. The first-order valence-corrected chi connectivity index (χ1v) is 4.87. The van der Waals surface area contributed by atoms with Gasteiger partial charge in [0.2, 0.25) is 5.95 Å². The zero-order chi connectivity index (χ0) is 11.5. The van der Waals surface area contributed by atoms with Crippen LogP contribution in [0.2, 0.25) is 0 Å². The number of nitrogens with zero attached hydrogens (tertiary/aromatic N) is 3. The molecule has 0 aliphatic carbocycles. The second-order valence-electron chi connectivity index (χ2n) is 4.27. The summed E-state index contributed by atoms with van der Waals surface area (Å²) in [4.78, 5) is 8.24. The maximum absolute atomic E-state index is 9.35. The highest BCUT2D eigenvalue weighted by molar-refractivity contribution is 5.25. The van der Waals surface area contributed by atoms with E-state index in [0.29, 0.717) is 12.5 Å². The molecule has 0 aromatic carbocycles. The largest absolute Gasteiger partial charge is 0.352 e. The van der Waals surface area contributed by atoms with Crippen molar-refractivity contribution in [1.82, 2.24) is 15.0 Å². The molecule has 1 rings (SSSR count). The monoisotopic (exact) mass is 210 g/mol. The number of rotatable bonds is 4. The van der Waals surface area contributed by atoms with Crippen LogP contribution in [-0.4, -0.2) is 39.4 Å². The average Bonchev–Trinajstić information content (AvgIpc) is 2.17. The number of aromatic nitrogens is 2. The molecule has 0 fully saturated rings. The molecular weight excluding hydrogens is 192 g/mol. The third-order valence-electron chi connectivity index (χ3n) is 2.34. The Labute approximate surface area is 90.1 Å². The van der Waals surface area contributed by atoms with Gasteiger partial charge in [0.05, 0.1) is 5.54 Å². The molecule has 5 nitrogen and oxygen atoms in total. The summed E-state index contributed by atoms with van der Waals surface area (Å²) in [5, 5.41) is 13.6. The third-order valence-corrected chi connectivity index (χ3v) is 2.34. The summed E-state index contributed by atoms with van der Waals surface area (Å²) < 4.78 is 0. The molecule has 0 unspecified atom stereocenters. The summed E-state index contributed by atoms with van der Waals surface area (Å²) in [5.41, 5.74) is 0.674. The summed E-state index contributed by atoms with van der Waals surface area (Å²) in [6.07, 6.45) is 3.51. The fourth-order valence-electron chi connectivity index (χ4n) is 0.894. The Bertz CT molecular complexity index is 308. The average molecular weight is 210 g/mol. The van der Waals surface area contributed by atoms with Crippen LogP contribution in [0.3, 0.4) is 0 Å². The molecule has 0 amide bonds. The smallest absolute Gasteiger partial charge is 0.222 e. The van der Waals surface area contributed by atoms with Crippen molar-refractivity contribution in [2.24, 2.45) is 0 Å². The van der Waals surface area contributed by atoms with Gasteiger partial charge in [0, 0.05) is 26.0 Å². The van der Waals surface area contributed by atoms with Crippen LogP contribution in [0, 0.1) is 6.92 Å². The second-order valence-corrected chi connectivity index (χ2v) is 4.27. The molecule has 0 spiro atoms. The van der Waals surface area contributed by atoms with Crippen molar-refractivity contribution in [3.8, 4) is 0 Å². The lowest BCUT2D eigenvalue weighted by molar-refractivity contribution is -0.134. The van der Waals surface area contributed by atoms with Gasteiger partial charge in [-0.1, -0.05) is 0 Å². The van der Waals surface area contributed by atoms with Gasteiger partial charge in [0.25, 0.3) is 0 Å². The summed E-state index contributed by atoms with van der Waals surface area (Å²) >= 11 is 0. The van der Waals surface area contributed by atoms with E-state index in [1.54, 1.807) is 19.4 Å². The van der Waals surface area contributed by atoms with Gasteiger partial charge in [-0.05, 0) is 26.3 Å². The Morgan fingerprint density at radius 3 is 2.40 bits per heavy atom. The molecule has 5 heteroatoms. The minimum absolute atomic E-state index is 0.353. The van der Waals surface area contributed by atoms with E-state index in [4.69, 9.17) is 0 Å². The van der Waals surface area contributed by atoms with Gasteiger partial charge in [-0.3, -0.25) is 0 Å². The summed E-state index contributed by atoms with van der Waals surface area (Å²) in [6.45, 7) is 6.36. The van der Waals surface area contributed by atoms with Crippen LogP contribution in [0.1, 0.15) is 19.4 Å². The molecule has 0 bridgehead atoms. The third kappa shape index (κ3) is 3.45. The summed E-state index contributed by atoms with van der Waals surface area (Å²) in [6, 6.07) is 0. The lowest BCUT2D eigenvalue weighted by Crippen LogP contribution is -2.44. The van der Waals surface area contributed by atoms with E-state index in [-0.39, 0.29) is 5.54 Å². The summed E-state index contributed by atoms with van der Waals surface area (Å²) in [5.74, 6) is 0.579. The van der Waals surface area contributed by atoms with Crippen molar-refractivity contribution >= 4 is 5.95 Å². The molecule has 84 valence electrons. The fourth-order valence-corrected chi connectivity index (χ4v) is 0.894. The van der Waals surface area contributed by atoms with E-state index in [2.05, 4.69) is 15.3 Å². The molecule has 1 aromatic heterocycles. The molecule has 1 aromatic rings. The highest BCUT2D eigenvalue weighted by Gasteiger charge is 2.22. The second kappa shape index (κ2) is 4.55. The topological polar surface area (TPSA) is 61.3 Å². The Morgan fingerprint density at radius 1 is 1.40 bits per heavy atom. The van der Waals surface area contributed by atoms with E-state index in [1.807, 2.05) is 20.8 Å². The highest BCUT2D eigenvalue weighted by Crippen LogP contribution is 2.10. The van der Waals surface area contributed by atoms with Gasteiger partial charge in [-0.2, -0.15) is 5.06 Å². The molecule has 0 aliphatic rings. The first-order valence-electron chi connectivity index (χ1n) is 4.87. The molecular formula is C10H18N4O. The number of nitrogens with one attached hydrogen (secondary N) is 1. The lowest BCUT2D eigenvalue weighted by Gasteiger charge is -2.30. The number of likely N-dealkylation sites (N-methyl/N-ethyl adjacent to an activating group) is 1. The zero-order valence-corrected chi connectivity index (χ0v) is 9.65. The zero-order valence-electron chi connectivity index (χ0n) is 9.65. The molecule has 15 heavy (non-hydrogen) atoms. The van der Waals surface area contributed by atoms with Crippen molar-refractivity contribution in [1.29, 1.82) is 0 Å². The number of hydrogen-bond donors (Lipinski definition) is 2. The Morgan fingerprint density at radius 2 is 1.93 bits per heavy atom. The van der Waals surface area contributed by atoms with Gasteiger partial charge in [0.1, 0.15) is 0 Å². The molecule has 0 aliphatic heterocycles. The molecule has 0 saturated heterocycles. The Hall–Kier alpha value is -1.20. The van der Waals surface area contributed by atoms with Crippen LogP contribution in [0.25, 0.3) is 0 Å². The van der Waals surface area contributed by atoms with Gasteiger partial charge in [0.15, 0.2) is 0 Å². The molecule has 1 heterocycles. The van der Waals surface area contributed by atoms with E-state index < -0.39 is 0 Å². The molecule has 0 radical (unpaired) electrons. The first kappa shape index (κ1) is 11.9. The van der Waals surface area contributed by atoms with Gasteiger partial charge >= 0.3 is 0 Å². The van der Waals surface area contributed by atoms with Crippen LogP contribution in [0.15, 0.2) is 12.4 Å². The van der Waals surface area contributed by atoms with Crippen LogP contribution >= 0.6 is 0 Å². The number of anilines is 1. The number of hydrogen-bond acceptors (Lipinski definition) is 5. The van der Waals surface area contributed by atoms with E-state index in [0.717, 1.165) is 5.56 Å². The van der Waals surface area contributed by atoms with Crippen LogP contribution in [-0.2, 0) is 0 Å². The van der Waals surface area contributed by atoms with Crippen molar-refractivity contribution in [2.45, 2.75) is 26.3 Å². The number of aryl methyl sites for hydroxylation is 1. The van der Waals surface area contributed by atoms with Crippen LogP contribution < -0.4 is 5.32 Å². The maximum atomic E-state index is 9.35. The normalized spacial score (nSPS) is 11.9. The number of hydroxylamine groups is 2. The first-order chi connectivity index (χ1) is 6.92. The quantitative estimate of drug-likeness (QED) is 0.733. The predicted octanol–water partition coefficient (Wildman–Crippen LogP) is 1.30.